The summed E-state index contributed by atoms with van der Waals surface area (Å²) in [6.07, 6.45) is 4.44. The van der Waals surface area contributed by atoms with E-state index in [1.54, 1.807) is 37.3 Å². The third-order valence-electron chi connectivity index (χ3n) is 5.68. The molecule has 0 N–H and O–H groups in total. The molecule has 3 aromatic rings. The monoisotopic (exact) mass is 466 g/mol. The topological polar surface area (TPSA) is 88.8 Å². The van der Waals surface area contributed by atoms with Gasteiger partial charge >= 0.3 is 5.97 Å². The fraction of sp³-hybridized carbons (Fsp3) is 0.360. The average Bonchev–Trinajstić information content (AvgIpc) is 3.18. The van der Waals surface area contributed by atoms with Gasteiger partial charge in [0.05, 0.1) is 23.9 Å². The molecule has 34 heavy (non-hydrogen) atoms. The molecule has 0 saturated carbocycles. The van der Waals surface area contributed by atoms with Gasteiger partial charge in [-0.3, -0.25) is 4.79 Å². The van der Waals surface area contributed by atoms with Crippen molar-refractivity contribution in [3.05, 3.63) is 66.1 Å². The standard InChI is InChI=1S/C25H27FN4O4/c1-2-33-25(32)18-8-9-22(27-16-18)29-12-5-13-30(15-14-29)24(31)11-10-23-28-17-21(34-23)19-6-3-4-7-20(19)26/h3-4,6-9,16-17H,2,5,10-15H2,1H3. The van der Waals surface area contributed by atoms with Gasteiger partial charge in [0.25, 0.3) is 0 Å². The van der Waals surface area contributed by atoms with Crippen molar-refractivity contribution in [2.45, 2.75) is 26.2 Å². The highest BCUT2D eigenvalue weighted by atomic mass is 19.1. The van der Waals surface area contributed by atoms with E-state index in [1.165, 1.54) is 18.5 Å². The molecule has 1 amide bonds. The maximum atomic E-state index is 13.9. The Hall–Kier alpha value is -3.75. The van der Waals surface area contributed by atoms with Gasteiger partial charge in [-0.1, -0.05) is 12.1 Å². The van der Waals surface area contributed by atoms with Gasteiger partial charge in [0.15, 0.2) is 11.7 Å². The Bertz CT molecular complexity index is 1130. The number of carbonyl (C=O) groups excluding carboxylic acids is 2. The Labute approximate surface area is 197 Å². The van der Waals surface area contributed by atoms with E-state index >= 15 is 0 Å². The number of hydrogen-bond acceptors (Lipinski definition) is 7. The van der Waals surface area contributed by atoms with Crippen molar-refractivity contribution >= 4 is 17.7 Å². The van der Waals surface area contributed by atoms with Crippen molar-refractivity contribution < 1.29 is 23.1 Å². The zero-order chi connectivity index (χ0) is 23.9. The van der Waals surface area contributed by atoms with E-state index < -0.39 is 0 Å². The van der Waals surface area contributed by atoms with Crippen molar-refractivity contribution in [2.75, 3.05) is 37.7 Å². The molecule has 0 unspecified atom stereocenters. The Morgan fingerprint density at radius 1 is 1.06 bits per heavy atom. The quantitative estimate of drug-likeness (QED) is 0.490. The molecule has 0 radical (unpaired) electrons. The van der Waals surface area contributed by atoms with Crippen LogP contribution in [0, 0.1) is 5.82 Å². The zero-order valence-electron chi connectivity index (χ0n) is 19.1. The number of pyridine rings is 1. The van der Waals surface area contributed by atoms with E-state index in [-0.39, 0.29) is 24.1 Å². The highest BCUT2D eigenvalue weighted by Gasteiger charge is 2.21. The Morgan fingerprint density at radius 3 is 2.68 bits per heavy atom. The third kappa shape index (κ3) is 5.59. The maximum absolute atomic E-state index is 13.9. The number of aryl methyl sites for hydroxylation is 1. The van der Waals surface area contributed by atoms with Crippen LogP contribution in [0.4, 0.5) is 10.2 Å². The van der Waals surface area contributed by atoms with Crippen LogP contribution in [0.25, 0.3) is 11.3 Å². The van der Waals surface area contributed by atoms with Crippen LogP contribution in [0.1, 0.15) is 36.0 Å². The molecule has 0 spiro atoms. The van der Waals surface area contributed by atoms with Gasteiger partial charge in [0.2, 0.25) is 5.91 Å². The van der Waals surface area contributed by atoms with Crippen LogP contribution in [0.15, 0.2) is 53.2 Å². The summed E-state index contributed by atoms with van der Waals surface area (Å²) in [5, 5.41) is 0. The van der Waals surface area contributed by atoms with Crippen LogP contribution >= 0.6 is 0 Å². The number of aromatic nitrogens is 2. The van der Waals surface area contributed by atoms with Gasteiger partial charge in [0.1, 0.15) is 11.6 Å². The van der Waals surface area contributed by atoms with E-state index in [2.05, 4.69) is 14.9 Å². The van der Waals surface area contributed by atoms with E-state index in [0.717, 1.165) is 18.8 Å². The lowest BCUT2D eigenvalue weighted by molar-refractivity contribution is -0.131. The minimum absolute atomic E-state index is 0.0260. The highest BCUT2D eigenvalue weighted by Crippen LogP contribution is 2.24. The van der Waals surface area contributed by atoms with Crippen molar-refractivity contribution in [1.29, 1.82) is 0 Å². The number of anilines is 1. The van der Waals surface area contributed by atoms with Crippen molar-refractivity contribution in [3.63, 3.8) is 0 Å². The highest BCUT2D eigenvalue weighted by molar-refractivity contribution is 5.89. The van der Waals surface area contributed by atoms with Crippen LogP contribution in [-0.2, 0) is 16.0 Å². The normalized spacial score (nSPS) is 14.1. The van der Waals surface area contributed by atoms with Crippen LogP contribution in [0.5, 0.6) is 0 Å². The predicted octanol–water partition coefficient (Wildman–Crippen LogP) is 3.72. The Balaban J connectivity index is 1.29. The van der Waals surface area contributed by atoms with Gasteiger partial charge in [0, 0.05) is 45.2 Å². The van der Waals surface area contributed by atoms with Crippen molar-refractivity contribution in [3.8, 4) is 11.3 Å². The number of hydrogen-bond donors (Lipinski definition) is 0. The Kier molecular flexibility index (Phi) is 7.51. The van der Waals surface area contributed by atoms with E-state index in [0.29, 0.717) is 55.4 Å². The molecule has 0 bridgehead atoms. The summed E-state index contributed by atoms with van der Waals surface area (Å²) < 4.78 is 24.6. The lowest BCUT2D eigenvalue weighted by Crippen LogP contribution is -2.35. The fourth-order valence-corrected chi connectivity index (χ4v) is 3.89. The van der Waals surface area contributed by atoms with E-state index in [4.69, 9.17) is 9.15 Å². The molecule has 8 nitrogen and oxygen atoms in total. The molecule has 1 aliphatic rings. The van der Waals surface area contributed by atoms with Crippen LogP contribution in [0.3, 0.4) is 0 Å². The third-order valence-corrected chi connectivity index (χ3v) is 5.68. The molecule has 1 aliphatic heterocycles. The molecule has 2 aromatic heterocycles. The van der Waals surface area contributed by atoms with Crippen LogP contribution < -0.4 is 4.90 Å². The number of esters is 1. The average molecular weight is 467 g/mol. The zero-order valence-corrected chi connectivity index (χ0v) is 19.1. The van der Waals surface area contributed by atoms with Gasteiger partial charge < -0.3 is 19.0 Å². The van der Waals surface area contributed by atoms with Gasteiger partial charge in [-0.15, -0.1) is 0 Å². The summed E-state index contributed by atoms with van der Waals surface area (Å²) in [6, 6.07) is 9.86. The second-order valence-electron chi connectivity index (χ2n) is 7.95. The van der Waals surface area contributed by atoms with Gasteiger partial charge in [-0.25, -0.2) is 19.2 Å². The lowest BCUT2D eigenvalue weighted by atomic mass is 10.2. The number of rotatable bonds is 7. The van der Waals surface area contributed by atoms with Crippen molar-refractivity contribution in [2.24, 2.45) is 0 Å². The molecule has 4 rings (SSSR count). The molecule has 178 valence electrons. The lowest BCUT2D eigenvalue weighted by Gasteiger charge is -2.23. The number of carbonyl (C=O) groups is 2. The molecule has 3 heterocycles. The molecule has 1 saturated heterocycles. The summed E-state index contributed by atoms with van der Waals surface area (Å²) in [5.74, 6) is 0.795. The number of oxazole rings is 1. The summed E-state index contributed by atoms with van der Waals surface area (Å²) in [4.78, 5) is 37.1. The molecular formula is C25H27FN4O4. The second kappa shape index (κ2) is 10.9. The van der Waals surface area contributed by atoms with Crippen LogP contribution in [0.2, 0.25) is 0 Å². The van der Waals surface area contributed by atoms with Gasteiger partial charge in [-0.05, 0) is 37.6 Å². The molecule has 9 heteroatoms. The summed E-state index contributed by atoms with van der Waals surface area (Å²) in [7, 11) is 0. The van der Waals surface area contributed by atoms with Gasteiger partial charge in [-0.2, -0.15) is 0 Å². The fourth-order valence-electron chi connectivity index (χ4n) is 3.89. The first kappa shape index (κ1) is 23.4. The smallest absolute Gasteiger partial charge is 0.339 e. The minimum atomic E-state index is -0.388. The number of amides is 1. The first-order chi connectivity index (χ1) is 16.5. The molecule has 1 fully saturated rings. The van der Waals surface area contributed by atoms with Crippen LogP contribution in [-0.4, -0.2) is 59.5 Å². The maximum Gasteiger partial charge on any atom is 0.339 e. The number of halogens is 1. The molecule has 1 aromatic carbocycles. The molecular weight excluding hydrogens is 439 g/mol. The largest absolute Gasteiger partial charge is 0.462 e. The van der Waals surface area contributed by atoms with E-state index in [9.17, 15) is 14.0 Å². The number of benzene rings is 1. The first-order valence-electron chi connectivity index (χ1n) is 11.4. The number of nitrogens with zero attached hydrogens (tertiary/aromatic N) is 4. The molecule has 0 atom stereocenters. The summed E-state index contributed by atoms with van der Waals surface area (Å²) in [5.41, 5.74) is 0.769. The second-order valence-corrected chi connectivity index (χ2v) is 7.95. The number of ether oxygens (including phenoxy) is 1. The summed E-state index contributed by atoms with van der Waals surface area (Å²) in [6.45, 7) is 4.72. The Morgan fingerprint density at radius 2 is 1.91 bits per heavy atom. The molecule has 0 aliphatic carbocycles. The SMILES string of the molecule is CCOC(=O)c1ccc(N2CCCN(C(=O)CCc3ncc(-c4ccccc4F)o3)CC2)nc1. The predicted molar refractivity (Wildman–Crippen MR) is 124 cm³/mol. The minimum Gasteiger partial charge on any atom is -0.462 e. The first-order valence-corrected chi connectivity index (χ1v) is 11.4. The van der Waals surface area contributed by atoms with E-state index in [1.807, 2.05) is 4.90 Å². The summed E-state index contributed by atoms with van der Waals surface area (Å²) >= 11 is 0. The van der Waals surface area contributed by atoms with Crippen molar-refractivity contribution in [1.82, 2.24) is 14.9 Å².